The van der Waals surface area contributed by atoms with Gasteiger partial charge in [0.05, 0.1) is 51.3 Å². The lowest BCUT2D eigenvalue weighted by Gasteiger charge is -2.47. The molecule has 1 saturated carbocycles. The Morgan fingerprint density at radius 1 is 1.04 bits per heavy atom. The minimum absolute atomic E-state index is 0.251. The van der Waals surface area contributed by atoms with Crippen LogP contribution in [0.1, 0.15) is 44.6 Å². The van der Waals surface area contributed by atoms with Crippen molar-refractivity contribution >= 4 is 11.6 Å². The summed E-state index contributed by atoms with van der Waals surface area (Å²) in [5.41, 5.74) is 2.42. The minimum Gasteiger partial charge on any atom is -0.487 e. The lowest BCUT2D eigenvalue weighted by atomic mass is 9.87. The Balaban J connectivity index is 1.20. The van der Waals surface area contributed by atoms with Gasteiger partial charge in [-0.1, -0.05) is 12.5 Å². The smallest absolute Gasteiger partial charge is 0.257 e. The van der Waals surface area contributed by atoms with Gasteiger partial charge in [-0.3, -0.25) is 4.90 Å². The zero-order chi connectivity index (χ0) is 33.9. The Morgan fingerprint density at radius 2 is 1.84 bits per heavy atom. The standard InChI is InChI=1S/C33H43N11O5/c1-25(22-43-24-37-40-41-43)49-30-18-26(6-7-27(30)19-34)28-20-35-32(36-21-28)38-29-23-44(39-31(29)48-17-16-47-15-14-45-2)33(8-4-3-5-9-33)42-10-12-46-13-11-42/h6-7,18,20-21,23-25H,3-5,8-17,22H2,1-2H3,(H,35,36,38). The molecule has 1 unspecified atom stereocenters. The predicted octanol–water partition coefficient (Wildman–Crippen LogP) is 3.40. The van der Waals surface area contributed by atoms with Gasteiger partial charge < -0.3 is 29.0 Å². The molecule has 260 valence electrons. The second-order valence-electron chi connectivity index (χ2n) is 12.1. The van der Waals surface area contributed by atoms with Crippen LogP contribution in [0.15, 0.2) is 43.1 Å². The summed E-state index contributed by atoms with van der Waals surface area (Å²) in [5.74, 6) is 1.32. The van der Waals surface area contributed by atoms with Crippen LogP contribution in [0.25, 0.3) is 11.1 Å². The fourth-order valence-corrected chi connectivity index (χ4v) is 6.33. The van der Waals surface area contributed by atoms with Crippen molar-refractivity contribution in [2.24, 2.45) is 0 Å². The Labute approximate surface area is 285 Å². The molecule has 1 atom stereocenters. The number of aromatic nitrogens is 8. The van der Waals surface area contributed by atoms with Gasteiger partial charge in [0, 0.05) is 38.2 Å². The number of ether oxygens (including phenoxy) is 5. The van der Waals surface area contributed by atoms with E-state index in [1.807, 2.05) is 25.3 Å². The van der Waals surface area contributed by atoms with Crippen LogP contribution in [0.4, 0.5) is 11.6 Å². The van der Waals surface area contributed by atoms with Gasteiger partial charge in [-0.25, -0.2) is 19.3 Å². The third-order valence-corrected chi connectivity index (χ3v) is 8.76. The summed E-state index contributed by atoms with van der Waals surface area (Å²) in [4.78, 5) is 11.8. The average molecular weight is 674 g/mol. The van der Waals surface area contributed by atoms with E-state index in [1.54, 1.807) is 30.3 Å². The van der Waals surface area contributed by atoms with E-state index in [4.69, 9.17) is 28.8 Å². The lowest BCUT2D eigenvalue weighted by molar-refractivity contribution is -0.0837. The van der Waals surface area contributed by atoms with Crippen molar-refractivity contribution in [2.45, 2.75) is 57.3 Å². The van der Waals surface area contributed by atoms with Crippen LogP contribution in [-0.2, 0) is 26.4 Å². The number of benzene rings is 1. The Kier molecular flexibility index (Phi) is 11.6. The first-order chi connectivity index (χ1) is 24.1. The van der Waals surface area contributed by atoms with Crippen LogP contribution in [0.5, 0.6) is 11.6 Å². The van der Waals surface area contributed by atoms with Crippen molar-refractivity contribution in [1.82, 2.24) is 44.9 Å². The third kappa shape index (κ3) is 8.49. The SMILES string of the molecule is COCCOCCOc1nn(C2(N3CCOCC3)CCCCC2)cc1Nc1ncc(-c2ccc(C#N)c(OC(C)Cn3cnnn3)c2)cn1. The van der Waals surface area contributed by atoms with Crippen LogP contribution >= 0.6 is 0 Å². The molecular formula is C33H43N11O5. The highest BCUT2D eigenvalue weighted by molar-refractivity contribution is 5.67. The molecule has 4 heterocycles. The fourth-order valence-electron chi connectivity index (χ4n) is 6.33. The number of nitrogens with zero attached hydrogens (tertiary/aromatic N) is 10. The molecule has 0 spiro atoms. The van der Waals surface area contributed by atoms with Gasteiger partial charge in [0.15, 0.2) is 0 Å². The molecule has 1 aromatic carbocycles. The van der Waals surface area contributed by atoms with E-state index in [2.05, 4.69) is 46.5 Å². The van der Waals surface area contributed by atoms with Gasteiger partial charge in [0.1, 0.15) is 42.2 Å². The van der Waals surface area contributed by atoms with E-state index in [0.717, 1.165) is 49.9 Å². The molecule has 49 heavy (non-hydrogen) atoms. The first kappa shape index (κ1) is 34.2. The maximum absolute atomic E-state index is 9.69. The summed E-state index contributed by atoms with van der Waals surface area (Å²) in [7, 11) is 1.65. The molecule has 6 rings (SSSR count). The topological polar surface area (TPSA) is 172 Å². The van der Waals surface area contributed by atoms with Gasteiger partial charge >= 0.3 is 0 Å². The molecule has 2 fully saturated rings. The van der Waals surface area contributed by atoms with Gasteiger partial charge in [-0.15, -0.1) is 10.2 Å². The fraction of sp³-hybridized carbons (Fsp3) is 0.545. The van der Waals surface area contributed by atoms with E-state index < -0.39 is 0 Å². The van der Waals surface area contributed by atoms with Gasteiger partial charge in [-0.05, 0) is 60.7 Å². The van der Waals surface area contributed by atoms with Crippen LogP contribution < -0.4 is 14.8 Å². The first-order valence-corrected chi connectivity index (χ1v) is 16.7. The number of tetrazole rings is 1. The van der Waals surface area contributed by atoms with E-state index >= 15 is 0 Å². The molecule has 1 aliphatic heterocycles. The van der Waals surface area contributed by atoms with Gasteiger partial charge in [0.2, 0.25) is 5.95 Å². The number of nitrogens with one attached hydrogen (secondary N) is 1. The molecule has 0 amide bonds. The quantitative estimate of drug-likeness (QED) is 0.172. The van der Waals surface area contributed by atoms with Crippen molar-refractivity contribution in [3.63, 3.8) is 0 Å². The van der Waals surface area contributed by atoms with Crippen LogP contribution in [0.2, 0.25) is 0 Å². The highest BCUT2D eigenvalue weighted by Gasteiger charge is 2.42. The zero-order valence-electron chi connectivity index (χ0n) is 28.0. The monoisotopic (exact) mass is 673 g/mol. The van der Waals surface area contributed by atoms with Crippen molar-refractivity contribution in [3.05, 3.63) is 48.7 Å². The van der Waals surface area contributed by atoms with Crippen molar-refractivity contribution in [1.29, 1.82) is 5.26 Å². The van der Waals surface area contributed by atoms with E-state index in [-0.39, 0.29) is 11.8 Å². The van der Waals surface area contributed by atoms with E-state index in [1.165, 1.54) is 12.7 Å². The number of rotatable bonds is 16. The van der Waals surface area contributed by atoms with Gasteiger partial charge in [0.25, 0.3) is 5.88 Å². The molecule has 4 aromatic rings. The van der Waals surface area contributed by atoms with Crippen molar-refractivity contribution in [3.8, 4) is 28.8 Å². The highest BCUT2D eigenvalue weighted by Crippen LogP contribution is 2.40. The summed E-state index contributed by atoms with van der Waals surface area (Å²) in [6.07, 6.45) is 12.2. The lowest BCUT2D eigenvalue weighted by Crippen LogP contribution is -2.56. The molecule has 1 saturated heterocycles. The Bertz CT molecular complexity index is 1650. The van der Waals surface area contributed by atoms with E-state index in [0.29, 0.717) is 75.0 Å². The molecule has 1 N–H and O–H groups in total. The largest absolute Gasteiger partial charge is 0.487 e. The molecule has 3 aromatic heterocycles. The van der Waals surface area contributed by atoms with Crippen LogP contribution in [0, 0.1) is 11.3 Å². The predicted molar refractivity (Wildman–Crippen MR) is 177 cm³/mol. The molecule has 16 nitrogen and oxygen atoms in total. The number of morpholine rings is 1. The Hall–Kier alpha value is -4.69. The number of methoxy groups -OCH3 is 1. The zero-order valence-corrected chi connectivity index (χ0v) is 28.0. The molecule has 16 heteroatoms. The summed E-state index contributed by atoms with van der Waals surface area (Å²) in [5, 5.41) is 29.2. The normalized spacial score (nSPS) is 16.9. The molecular weight excluding hydrogens is 630 g/mol. The molecule has 1 aliphatic carbocycles. The second-order valence-corrected chi connectivity index (χ2v) is 12.1. The number of anilines is 2. The van der Waals surface area contributed by atoms with E-state index in [9.17, 15) is 5.26 Å². The highest BCUT2D eigenvalue weighted by atomic mass is 16.5. The van der Waals surface area contributed by atoms with Crippen LogP contribution in [-0.4, -0.2) is 111 Å². The Morgan fingerprint density at radius 3 is 2.57 bits per heavy atom. The second kappa shape index (κ2) is 16.6. The average Bonchev–Trinajstić information content (AvgIpc) is 3.81. The summed E-state index contributed by atoms with van der Waals surface area (Å²) in [6, 6.07) is 7.60. The molecule has 2 aliphatic rings. The molecule has 0 bridgehead atoms. The first-order valence-electron chi connectivity index (χ1n) is 16.7. The maximum Gasteiger partial charge on any atom is 0.257 e. The number of hydrogen-bond donors (Lipinski definition) is 1. The van der Waals surface area contributed by atoms with Gasteiger partial charge in [-0.2, -0.15) is 5.26 Å². The maximum atomic E-state index is 9.69. The summed E-state index contributed by atoms with van der Waals surface area (Å²) in [6.45, 7) is 7.22. The number of nitriles is 1. The molecule has 0 radical (unpaired) electrons. The summed E-state index contributed by atoms with van der Waals surface area (Å²) < 4.78 is 32.3. The van der Waals surface area contributed by atoms with Crippen molar-refractivity contribution < 1.29 is 23.7 Å². The number of hydrogen-bond acceptors (Lipinski definition) is 14. The minimum atomic E-state index is -0.279. The van der Waals surface area contributed by atoms with Crippen LogP contribution in [0.3, 0.4) is 0 Å². The summed E-state index contributed by atoms with van der Waals surface area (Å²) >= 11 is 0. The van der Waals surface area contributed by atoms with Crippen molar-refractivity contribution in [2.75, 3.05) is 65.2 Å². The third-order valence-electron chi connectivity index (χ3n) is 8.76.